The molecule has 6 heteroatoms. The van der Waals surface area contributed by atoms with Gasteiger partial charge in [-0.25, -0.2) is 0 Å². The first-order valence-electron chi connectivity index (χ1n) is 8.67. The maximum atomic E-state index is 12.9. The monoisotopic (exact) mass is 420 g/mol. The van der Waals surface area contributed by atoms with Crippen LogP contribution in [-0.4, -0.2) is 20.5 Å². The SMILES string of the molecule is CCOS(=O)(=O)CP(Cl)(c1ccccc1)(c1ccccc1)c1ccccc1. The fourth-order valence-electron chi connectivity index (χ4n) is 3.40. The van der Waals surface area contributed by atoms with E-state index in [2.05, 4.69) is 0 Å². The van der Waals surface area contributed by atoms with Crippen molar-refractivity contribution < 1.29 is 12.6 Å². The summed E-state index contributed by atoms with van der Waals surface area (Å²) in [4.78, 5) is 0. The second-order valence-corrected chi connectivity index (χ2v) is 14.8. The standard InChI is InChI=1S/C21H22ClO3PS/c1-2-25-27(23,24)18-26(22,19-12-6-3-7-13-19,20-14-8-4-9-15-20)21-16-10-5-11-17-21/h3-17H,2,18H2,1H3. The van der Waals surface area contributed by atoms with Crippen LogP contribution in [0.4, 0.5) is 0 Å². The summed E-state index contributed by atoms with van der Waals surface area (Å²) in [6.45, 7) is 1.73. The number of rotatable bonds is 7. The van der Waals surface area contributed by atoms with E-state index in [0.717, 1.165) is 15.9 Å². The molecular formula is C21H22ClO3PS. The van der Waals surface area contributed by atoms with E-state index in [1.54, 1.807) is 6.92 Å². The first-order chi connectivity index (χ1) is 12.9. The zero-order valence-electron chi connectivity index (χ0n) is 15.0. The average Bonchev–Trinajstić information content (AvgIpc) is 2.70. The van der Waals surface area contributed by atoms with Gasteiger partial charge < -0.3 is 0 Å². The summed E-state index contributed by atoms with van der Waals surface area (Å²) in [5, 5.41) is 2.39. The molecule has 27 heavy (non-hydrogen) atoms. The Kier molecular flexibility index (Phi) is 5.73. The zero-order valence-corrected chi connectivity index (χ0v) is 17.5. The van der Waals surface area contributed by atoms with Gasteiger partial charge in [0.05, 0.1) is 0 Å². The normalized spacial score (nSPS) is 13.6. The van der Waals surface area contributed by atoms with Gasteiger partial charge in [0.15, 0.2) is 0 Å². The predicted molar refractivity (Wildman–Crippen MR) is 116 cm³/mol. The van der Waals surface area contributed by atoms with Crippen LogP contribution in [0.2, 0.25) is 0 Å². The van der Waals surface area contributed by atoms with Crippen molar-refractivity contribution in [3.05, 3.63) is 91.0 Å². The maximum absolute atomic E-state index is 12.9. The molecule has 3 rings (SSSR count). The molecule has 0 aliphatic rings. The number of benzene rings is 3. The molecule has 0 fully saturated rings. The Labute approximate surface area is 165 Å². The van der Waals surface area contributed by atoms with Crippen LogP contribution in [0, 0.1) is 0 Å². The van der Waals surface area contributed by atoms with Crippen LogP contribution in [0.5, 0.6) is 0 Å². The van der Waals surface area contributed by atoms with E-state index in [0.29, 0.717) is 0 Å². The first-order valence-corrected chi connectivity index (χ1v) is 13.6. The van der Waals surface area contributed by atoms with Crippen LogP contribution in [0.25, 0.3) is 0 Å². The topological polar surface area (TPSA) is 43.4 Å². The van der Waals surface area contributed by atoms with Crippen molar-refractivity contribution >= 4 is 43.2 Å². The van der Waals surface area contributed by atoms with Crippen molar-refractivity contribution in [1.29, 1.82) is 0 Å². The van der Waals surface area contributed by atoms with Crippen LogP contribution in [0.1, 0.15) is 6.92 Å². The van der Waals surface area contributed by atoms with Gasteiger partial charge in [-0.3, -0.25) is 0 Å². The number of hydrogen-bond donors (Lipinski definition) is 0. The number of halogens is 1. The minimum absolute atomic E-state index is 0.0735. The van der Waals surface area contributed by atoms with Crippen LogP contribution in [0.3, 0.4) is 0 Å². The molecule has 3 aromatic rings. The third-order valence-electron chi connectivity index (χ3n) is 4.58. The second kappa shape index (κ2) is 7.73. The Morgan fingerprint density at radius 2 is 1.07 bits per heavy atom. The molecule has 142 valence electrons. The third kappa shape index (κ3) is 3.68. The van der Waals surface area contributed by atoms with Gasteiger partial charge in [0, 0.05) is 0 Å². The van der Waals surface area contributed by atoms with Crippen LogP contribution >= 0.6 is 17.2 Å². The van der Waals surface area contributed by atoms with Gasteiger partial charge in [-0.15, -0.1) is 0 Å². The Morgan fingerprint density at radius 3 is 1.37 bits per heavy atom. The van der Waals surface area contributed by atoms with E-state index in [1.807, 2.05) is 91.0 Å². The summed E-state index contributed by atoms with van der Waals surface area (Å²) in [5.41, 5.74) is -0.300. The van der Waals surface area contributed by atoms with Gasteiger partial charge in [-0.2, -0.15) is 0 Å². The fraction of sp³-hybridized carbons (Fsp3) is 0.143. The molecule has 0 aromatic heterocycles. The Balaban J connectivity index is 2.43. The van der Waals surface area contributed by atoms with Crippen LogP contribution < -0.4 is 15.9 Å². The summed E-state index contributed by atoms with van der Waals surface area (Å²) in [6.07, 6.45) is 0. The van der Waals surface area contributed by atoms with Gasteiger partial charge in [-0.05, 0) is 0 Å². The summed E-state index contributed by atoms with van der Waals surface area (Å²) in [6, 6.07) is 28.5. The molecule has 0 radical (unpaired) electrons. The van der Waals surface area contributed by atoms with E-state index in [-0.39, 0.29) is 12.1 Å². The average molecular weight is 421 g/mol. The van der Waals surface area contributed by atoms with E-state index in [9.17, 15) is 8.42 Å². The van der Waals surface area contributed by atoms with Gasteiger partial charge in [-0.1, -0.05) is 0 Å². The molecule has 3 nitrogen and oxygen atoms in total. The van der Waals surface area contributed by atoms with Crippen LogP contribution in [0.15, 0.2) is 91.0 Å². The van der Waals surface area contributed by atoms with E-state index in [1.165, 1.54) is 0 Å². The van der Waals surface area contributed by atoms with E-state index < -0.39 is 16.1 Å². The van der Waals surface area contributed by atoms with E-state index in [4.69, 9.17) is 15.4 Å². The molecule has 0 saturated heterocycles. The zero-order chi connectivity index (χ0) is 19.4. The summed E-state index contributed by atoms with van der Waals surface area (Å²) in [7, 11) is -3.87. The van der Waals surface area contributed by atoms with Crippen LogP contribution in [-0.2, 0) is 14.3 Å². The quantitative estimate of drug-likeness (QED) is 0.428. The molecular weight excluding hydrogens is 399 g/mol. The molecule has 0 unspecified atom stereocenters. The summed E-state index contributed by atoms with van der Waals surface area (Å²) in [5.74, 6) is -3.85. The molecule has 0 aliphatic heterocycles. The van der Waals surface area contributed by atoms with Gasteiger partial charge in [0.25, 0.3) is 0 Å². The Bertz CT molecular complexity index is 894. The summed E-state index contributed by atoms with van der Waals surface area (Å²) >= 11 is 7.67. The van der Waals surface area contributed by atoms with Crippen molar-refractivity contribution in [3.8, 4) is 0 Å². The van der Waals surface area contributed by atoms with Crippen molar-refractivity contribution in [2.45, 2.75) is 6.92 Å². The molecule has 3 aromatic carbocycles. The molecule has 0 amide bonds. The summed E-state index contributed by atoms with van der Waals surface area (Å²) < 4.78 is 30.9. The Morgan fingerprint density at radius 1 is 0.741 bits per heavy atom. The van der Waals surface area contributed by atoms with Crippen molar-refractivity contribution in [2.75, 3.05) is 12.1 Å². The van der Waals surface area contributed by atoms with Crippen molar-refractivity contribution in [3.63, 3.8) is 0 Å². The Hall–Kier alpha value is -1.71. The third-order valence-corrected chi connectivity index (χ3v) is 15.1. The van der Waals surface area contributed by atoms with Crippen molar-refractivity contribution in [2.24, 2.45) is 0 Å². The molecule has 0 spiro atoms. The van der Waals surface area contributed by atoms with Gasteiger partial charge in [0.2, 0.25) is 0 Å². The molecule has 0 saturated carbocycles. The van der Waals surface area contributed by atoms with Gasteiger partial charge >= 0.3 is 166 Å². The second-order valence-electron chi connectivity index (χ2n) is 6.28. The fourth-order valence-corrected chi connectivity index (χ4v) is 13.6. The predicted octanol–water partition coefficient (Wildman–Crippen LogP) is 3.99. The van der Waals surface area contributed by atoms with Gasteiger partial charge in [0.1, 0.15) is 0 Å². The minimum atomic E-state index is -3.87. The molecule has 0 N–H and O–H groups in total. The van der Waals surface area contributed by atoms with Crippen molar-refractivity contribution in [1.82, 2.24) is 0 Å². The molecule has 0 heterocycles. The first kappa shape index (κ1) is 20.0. The molecule has 0 bridgehead atoms. The number of hydrogen-bond acceptors (Lipinski definition) is 3. The molecule has 0 aliphatic carbocycles. The van der Waals surface area contributed by atoms with E-state index >= 15 is 0 Å². The molecule has 0 atom stereocenters.